The fraction of sp³-hybridized carbons (Fsp3) is 0. The molecular formula is C8H2Cl3IN2S. The van der Waals surface area contributed by atoms with Gasteiger partial charge in [-0.1, -0.05) is 34.8 Å². The van der Waals surface area contributed by atoms with E-state index in [1.807, 2.05) is 28.7 Å². The van der Waals surface area contributed by atoms with Gasteiger partial charge in [0.25, 0.3) is 0 Å². The van der Waals surface area contributed by atoms with Crippen molar-refractivity contribution in [3.63, 3.8) is 0 Å². The number of hydrogen-bond acceptors (Lipinski definition) is 3. The van der Waals surface area contributed by atoms with Crippen LogP contribution in [0.4, 0.5) is 0 Å². The number of aromatic nitrogens is 2. The van der Waals surface area contributed by atoms with Crippen LogP contribution in [0.5, 0.6) is 0 Å². The molecule has 7 heteroatoms. The molecule has 0 atom stereocenters. The average molecular weight is 391 g/mol. The summed E-state index contributed by atoms with van der Waals surface area (Å²) in [6, 6.07) is 3.62. The van der Waals surface area contributed by atoms with E-state index in [0.29, 0.717) is 24.0 Å². The molecule has 0 bridgehead atoms. The highest BCUT2D eigenvalue weighted by molar-refractivity contribution is 14.1. The van der Waals surface area contributed by atoms with E-state index in [1.54, 1.807) is 6.07 Å². The molecule has 0 N–H and O–H groups in total. The summed E-state index contributed by atoms with van der Waals surface area (Å²) in [5.41, 5.74) is 0. The van der Waals surface area contributed by atoms with Gasteiger partial charge in [0.1, 0.15) is 10.3 Å². The molecule has 0 unspecified atom stereocenters. The normalized spacial score (nSPS) is 10.7. The van der Waals surface area contributed by atoms with Gasteiger partial charge in [-0.15, -0.1) is 11.3 Å². The predicted molar refractivity (Wildman–Crippen MR) is 73.1 cm³/mol. The van der Waals surface area contributed by atoms with Gasteiger partial charge in [-0.25, -0.2) is 9.97 Å². The summed E-state index contributed by atoms with van der Waals surface area (Å²) < 4.78 is 1.33. The molecule has 0 fully saturated rings. The Balaban J connectivity index is 2.55. The molecule has 0 saturated heterocycles. The first-order chi connectivity index (χ1) is 7.08. The number of hydrogen-bond donors (Lipinski definition) is 0. The largest absolute Gasteiger partial charge is 0.214 e. The van der Waals surface area contributed by atoms with Crippen molar-refractivity contribution >= 4 is 68.7 Å². The van der Waals surface area contributed by atoms with Crippen LogP contribution < -0.4 is 0 Å². The lowest BCUT2D eigenvalue weighted by molar-refractivity contribution is 1.17. The molecule has 15 heavy (non-hydrogen) atoms. The van der Waals surface area contributed by atoms with Crippen molar-refractivity contribution in [2.75, 3.05) is 0 Å². The van der Waals surface area contributed by atoms with Gasteiger partial charge >= 0.3 is 0 Å². The minimum Gasteiger partial charge on any atom is -0.214 e. The fourth-order valence-electron chi connectivity index (χ4n) is 0.939. The summed E-state index contributed by atoms with van der Waals surface area (Å²) in [7, 11) is 0. The summed E-state index contributed by atoms with van der Waals surface area (Å²) in [5.74, 6) is 0.502. The van der Waals surface area contributed by atoms with Crippen molar-refractivity contribution in [2.24, 2.45) is 0 Å². The monoisotopic (exact) mass is 390 g/mol. The molecule has 0 aliphatic carbocycles. The van der Waals surface area contributed by atoms with Crippen LogP contribution in [0, 0.1) is 3.57 Å². The quantitative estimate of drug-likeness (QED) is 0.517. The summed E-state index contributed by atoms with van der Waals surface area (Å²) in [4.78, 5) is 9.11. The highest BCUT2D eigenvalue weighted by atomic mass is 127. The topological polar surface area (TPSA) is 25.8 Å². The van der Waals surface area contributed by atoms with Crippen molar-refractivity contribution in [3.05, 3.63) is 30.3 Å². The summed E-state index contributed by atoms with van der Waals surface area (Å²) in [6.45, 7) is 0. The van der Waals surface area contributed by atoms with E-state index in [-0.39, 0.29) is 0 Å². The minimum absolute atomic E-state index is 0.357. The summed E-state index contributed by atoms with van der Waals surface area (Å²) in [6.07, 6.45) is 0. The molecule has 2 heterocycles. The van der Waals surface area contributed by atoms with Gasteiger partial charge in [-0.05, 0) is 34.7 Å². The molecule has 2 rings (SSSR count). The molecule has 0 aromatic carbocycles. The second kappa shape index (κ2) is 4.71. The van der Waals surface area contributed by atoms with Crippen molar-refractivity contribution in [1.82, 2.24) is 9.97 Å². The van der Waals surface area contributed by atoms with Gasteiger partial charge in [-0.2, -0.15) is 0 Å². The zero-order chi connectivity index (χ0) is 11.0. The lowest BCUT2D eigenvalue weighted by atomic mass is 10.4. The average Bonchev–Trinajstić information content (AvgIpc) is 2.60. The number of halogens is 4. The second-order valence-corrected chi connectivity index (χ2v) is 6.06. The first kappa shape index (κ1) is 11.9. The number of rotatable bonds is 1. The molecule has 0 aliphatic heterocycles. The lowest BCUT2D eigenvalue weighted by Crippen LogP contribution is -1.91. The van der Waals surface area contributed by atoms with Crippen molar-refractivity contribution in [2.45, 2.75) is 0 Å². The molecule has 0 radical (unpaired) electrons. The van der Waals surface area contributed by atoms with Crippen LogP contribution in [0.15, 0.2) is 12.1 Å². The SMILES string of the molecule is Clc1ccc(-c2nc(Cl)c(I)c(Cl)n2)s1. The third kappa shape index (κ3) is 2.55. The lowest BCUT2D eigenvalue weighted by Gasteiger charge is -2.00. The smallest absolute Gasteiger partial charge is 0.172 e. The highest BCUT2D eigenvalue weighted by Gasteiger charge is 2.11. The Morgan fingerprint density at radius 1 is 1.07 bits per heavy atom. The first-order valence-electron chi connectivity index (χ1n) is 3.72. The minimum atomic E-state index is 0.357. The van der Waals surface area contributed by atoms with Gasteiger partial charge in [0, 0.05) is 0 Å². The molecule has 2 aromatic rings. The third-order valence-corrected chi connectivity index (χ3v) is 5.00. The Labute approximate surface area is 119 Å². The van der Waals surface area contributed by atoms with E-state index in [9.17, 15) is 0 Å². The molecule has 0 amide bonds. The van der Waals surface area contributed by atoms with E-state index in [2.05, 4.69) is 9.97 Å². The first-order valence-corrected chi connectivity index (χ1v) is 6.75. The molecule has 78 valence electrons. The summed E-state index contributed by atoms with van der Waals surface area (Å²) >= 11 is 21.0. The third-order valence-electron chi connectivity index (χ3n) is 1.56. The fourth-order valence-corrected chi connectivity index (χ4v) is 2.54. The van der Waals surface area contributed by atoms with Crippen molar-refractivity contribution in [1.29, 1.82) is 0 Å². The maximum Gasteiger partial charge on any atom is 0.172 e. The number of nitrogens with zero attached hydrogens (tertiary/aromatic N) is 2. The highest BCUT2D eigenvalue weighted by Crippen LogP contribution is 2.32. The van der Waals surface area contributed by atoms with Crippen LogP contribution in [-0.4, -0.2) is 9.97 Å². The van der Waals surface area contributed by atoms with E-state index in [1.165, 1.54) is 11.3 Å². The second-order valence-electron chi connectivity index (χ2n) is 2.55. The van der Waals surface area contributed by atoms with Crippen LogP contribution in [-0.2, 0) is 0 Å². The Morgan fingerprint density at radius 2 is 1.67 bits per heavy atom. The van der Waals surface area contributed by atoms with Gasteiger partial charge in [0.15, 0.2) is 5.82 Å². The van der Waals surface area contributed by atoms with Crippen LogP contribution in [0.1, 0.15) is 0 Å². The molecule has 0 saturated carbocycles. The van der Waals surface area contributed by atoms with E-state index >= 15 is 0 Å². The molecule has 2 nitrogen and oxygen atoms in total. The van der Waals surface area contributed by atoms with Gasteiger partial charge < -0.3 is 0 Å². The van der Waals surface area contributed by atoms with Crippen LogP contribution in [0.25, 0.3) is 10.7 Å². The molecule has 2 aromatic heterocycles. The summed E-state index contributed by atoms with van der Waals surface area (Å²) in [5, 5.41) is 0.713. The Morgan fingerprint density at radius 3 is 2.13 bits per heavy atom. The maximum atomic E-state index is 5.90. The Bertz CT molecular complexity index is 491. The number of thiophene rings is 1. The predicted octanol–water partition coefficient (Wildman–Crippen LogP) is 4.77. The van der Waals surface area contributed by atoms with E-state index < -0.39 is 0 Å². The zero-order valence-corrected chi connectivity index (χ0v) is 12.2. The van der Waals surface area contributed by atoms with Crippen LogP contribution >= 0.6 is 68.7 Å². The van der Waals surface area contributed by atoms with Crippen LogP contribution in [0.3, 0.4) is 0 Å². The Hall–Kier alpha value is 0.380. The molecular weight excluding hydrogens is 389 g/mol. The molecule has 0 aliphatic rings. The molecule has 0 spiro atoms. The standard InChI is InChI=1S/C8H2Cl3IN2S/c9-4-2-1-3(15-4)8-13-6(10)5(12)7(11)14-8/h1-2H. The van der Waals surface area contributed by atoms with E-state index in [0.717, 1.165) is 4.88 Å². The Kier molecular flexibility index (Phi) is 3.72. The zero-order valence-electron chi connectivity index (χ0n) is 6.97. The van der Waals surface area contributed by atoms with Crippen molar-refractivity contribution < 1.29 is 0 Å². The van der Waals surface area contributed by atoms with E-state index in [4.69, 9.17) is 34.8 Å². The maximum absolute atomic E-state index is 5.90. The van der Waals surface area contributed by atoms with Crippen LogP contribution in [0.2, 0.25) is 14.6 Å². The van der Waals surface area contributed by atoms with Gasteiger partial charge in [0.05, 0.1) is 12.8 Å². The van der Waals surface area contributed by atoms with Gasteiger partial charge in [0.2, 0.25) is 0 Å². The van der Waals surface area contributed by atoms with Gasteiger partial charge in [-0.3, -0.25) is 0 Å². The van der Waals surface area contributed by atoms with Crippen molar-refractivity contribution in [3.8, 4) is 10.7 Å².